The third-order valence-electron chi connectivity index (χ3n) is 4.47. The van der Waals surface area contributed by atoms with Gasteiger partial charge in [-0.15, -0.1) is 0 Å². The second-order valence-corrected chi connectivity index (χ2v) is 6.19. The SMILES string of the molecule is CN1C[C@H]2COC[C@@H]1CN(C(=O)Cc1cccc(F)c1F)C2. The molecule has 4 nitrogen and oxygen atoms in total. The van der Waals surface area contributed by atoms with Crippen LogP contribution in [0.5, 0.6) is 0 Å². The van der Waals surface area contributed by atoms with Crippen molar-refractivity contribution >= 4 is 5.91 Å². The van der Waals surface area contributed by atoms with E-state index < -0.39 is 11.6 Å². The average Bonchev–Trinajstić information content (AvgIpc) is 2.72. The van der Waals surface area contributed by atoms with Crippen molar-refractivity contribution < 1.29 is 18.3 Å². The molecule has 2 saturated heterocycles. The lowest BCUT2D eigenvalue weighted by molar-refractivity contribution is -0.132. The minimum absolute atomic E-state index is 0.104. The number of amides is 1. The quantitative estimate of drug-likeness (QED) is 0.825. The van der Waals surface area contributed by atoms with Crippen LogP contribution >= 0.6 is 0 Å². The fourth-order valence-corrected chi connectivity index (χ4v) is 3.21. The van der Waals surface area contributed by atoms with E-state index in [1.165, 1.54) is 12.1 Å². The highest BCUT2D eigenvalue weighted by Crippen LogP contribution is 2.20. The second kappa shape index (κ2) is 6.30. The van der Waals surface area contributed by atoms with Gasteiger partial charge in [-0.2, -0.15) is 0 Å². The van der Waals surface area contributed by atoms with Crippen molar-refractivity contribution in [1.82, 2.24) is 9.80 Å². The van der Waals surface area contributed by atoms with Gasteiger partial charge in [0.15, 0.2) is 11.6 Å². The Morgan fingerprint density at radius 3 is 2.91 bits per heavy atom. The number of rotatable bonds is 2. The first kappa shape index (κ1) is 15.4. The van der Waals surface area contributed by atoms with Crippen LogP contribution in [-0.4, -0.2) is 61.6 Å². The van der Waals surface area contributed by atoms with Crippen LogP contribution in [0.4, 0.5) is 8.78 Å². The van der Waals surface area contributed by atoms with Gasteiger partial charge in [-0.25, -0.2) is 8.78 Å². The Kier molecular flexibility index (Phi) is 4.40. The summed E-state index contributed by atoms with van der Waals surface area (Å²) in [6, 6.07) is 4.12. The molecule has 6 heteroatoms. The van der Waals surface area contributed by atoms with Crippen LogP contribution in [0, 0.1) is 17.6 Å². The largest absolute Gasteiger partial charge is 0.379 e. The zero-order valence-corrected chi connectivity index (χ0v) is 12.6. The minimum Gasteiger partial charge on any atom is -0.379 e. The van der Waals surface area contributed by atoms with Crippen molar-refractivity contribution in [3.05, 3.63) is 35.4 Å². The zero-order chi connectivity index (χ0) is 15.7. The van der Waals surface area contributed by atoms with E-state index in [1.54, 1.807) is 4.90 Å². The van der Waals surface area contributed by atoms with Crippen LogP contribution in [-0.2, 0) is 16.0 Å². The lowest BCUT2D eigenvalue weighted by Gasteiger charge is -2.30. The number of ether oxygens (including phenoxy) is 1. The van der Waals surface area contributed by atoms with Gasteiger partial charge < -0.3 is 9.64 Å². The smallest absolute Gasteiger partial charge is 0.227 e. The average molecular weight is 310 g/mol. The van der Waals surface area contributed by atoms with E-state index in [9.17, 15) is 13.6 Å². The summed E-state index contributed by atoms with van der Waals surface area (Å²) in [5.41, 5.74) is 0.115. The summed E-state index contributed by atoms with van der Waals surface area (Å²) in [6.45, 7) is 3.31. The molecule has 0 aliphatic carbocycles. The van der Waals surface area contributed by atoms with E-state index in [2.05, 4.69) is 4.90 Å². The number of likely N-dealkylation sites (N-methyl/N-ethyl adjacent to an activating group) is 1. The predicted molar refractivity (Wildman–Crippen MR) is 77.4 cm³/mol. The van der Waals surface area contributed by atoms with Crippen molar-refractivity contribution in [2.24, 2.45) is 5.92 Å². The molecule has 0 unspecified atom stereocenters. The lowest BCUT2D eigenvalue weighted by atomic mass is 10.1. The first-order chi connectivity index (χ1) is 10.5. The Bertz CT molecular complexity index is 567. The molecule has 3 rings (SSSR count). The summed E-state index contributed by atoms with van der Waals surface area (Å²) in [7, 11) is 2.03. The first-order valence-electron chi connectivity index (χ1n) is 7.53. The molecule has 2 bridgehead atoms. The Morgan fingerprint density at radius 2 is 2.09 bits per heavy atom. The molecular formula is C16H20F2N2O2. The molecule has 0 N–H and O–H groups in total. The second-order valence-electron chi connectivity index (χ2n) is 6.19. The van der Waals surface area contributed by atoms with E-state index in [-0.39, 0.29) is 29.9 Å². The third-order valence-corrected chi connectivity index (χ3v) is 4.47. The highest BCUT2D eigenvalue weighted by atomic mass is 19.2. The molecule has 0 saturated carbocycles. The number of fused-ring (bicyclic) bond motifs is 3. The molecule has 0 radical (unpaired) electrons. The van der Waals surface area contributed by atoms with Crippen molar-refractivity contribution in [2.75, 3.05) is 39.9 Å². The highest BCUT2D eigenvalue weighted by molar-refractivity contribution is 5.79. The molecule has 1 amide bonds. The molecule has 22 heavy (non-hydrogen) atoms. The van der Waals surface area contributed by atoms with E-state index >= 15 is 0 Å². The molecule has 0 aromatic heterocycles. The Hall–Kier alpha value is -1.53. The molecule has 2 aliphatic heterocycles. The lowest BCUT2D eigenvalue weighted by Crippen LogP contribution is -2.45. The molecular weight excluding hydrogens is 290 g/mol. The van der Waals surface area contributed by atoms with Gasteiger partial charge in [0.25, 0.3) is 0 Å². The summed E-state index contributed by atoms with van der Waals surface area (Å²) < 4.78 is 32.6. The number of hydrogen-bond acceptors (Lipinski definition) is 3. The maximum absolute atomic E-state index is 13.7. The maximum Gasteiger partial charge on any atom is 0.227 e. The molecule has 120 valence electrons. The van der Waals surface area contributed by atoms with E-state index in [4.69, 9.17) is 4.74 Å². The monoisotopic (exact) mass is 310 g/mol. The highest BCUT2D eigenvalue weighted by Gasteiger charge is 2.33. The molecule has 2 heterocycles. The normalized spacial score (nSPS) is 25.9. The van der Waals surface area contributed by atoms with Gasteiger partial charge in [-0.3, -0.25) is 9.69 Å². The number of carbonyl (C=O) groups excluding carboxylic acids is 1. The van der Waals surface area contributed by atoms with Crippen LogP contribution in [0.25, 0.3) is 0 Å². The van der Waals surface area contributed by atoms with E-state index in [0.29, 0.717) is 26.3 Å². The molecule has 2 atom stereocenters. The van der Waals surface area contributed by atoms with Gasteiger partial charge in [0.05, 0.1) is 25.7 Å². The number of halogens is 2. The Balaban J connectivity index is 1.73. The summed E-state index contributed by atoms with van der Waals surface area (Å²) in [6.07, 6.45) is -0.104. The minimum atomic E-state index is -0.925. The Labute approximate surface area is 128 Å². The molecule has 1 aromatic rings. The van der Waals surface area contributed by atoms with Crippen LogP contribution in [0.15, 0.2) is 18.2 Å². The van der Waals surface area contributed by atoms with Crippen molar-refractivity contribution in [3.8, 4) is 0 Å². The third kappa shape index (κ3) is 3.13. The van der Waals surface area contributed by atoms with Crippen LogP contribution in [0.3, 0.4) is 0 Å². The van der Waals surface area contributed by atoms with Crippen LogP contribution < -0.4 is 0 Å². The number of hydrogen-bond donors (Lipinski definition) is 0. The van der Waals surface area contributed by atoms with E-state index in [0.717, 1.165) is 12.6 Å². The number of benzene rings is 1. The standard InChI is InChI=1S/C16H20F2N2O2/c1-19-6-11-7-20(8-13(19)10-22-9-11)15(21)5-12-3-2-4-14(17)16(12)18/h2-4,11,13H,5-10H2,1H3/t11-,13+/m1/s1. The van der Waals surface area contributed by atoms with Crippen LogP contribution in [0.1, 0.15) is 5.56 Å². The Morgan fingerprint density at radius 1 is 1.27 bits per heavy atom. The molecule has 2 fully saturated rings. The van der Waals surface area contributed by atoms with Crippen molar-refractivity contribution in [1.29, 1.82) is 0 Å². The summed E-state index contributed by atoms with van der Waals surface area (Å²) >= 11 is 0. The maximum atomic E-state index is 13.7. The van der Waals surface area contributed by atoms with Crippen molar-refractivity contribution in [2.45, 2.75) is 12.5 Å². The fourth-order valence-electron chi connectivity index (χ4n) is 3.21. The van der Waals surface area contributed by atoms with E-state index in [1.807, 2.05) is 7.05 Å². The zero-order valence-electron chi connectivity index (χ0n) is 12.6. The predicted octanol–water partition coefficient (Wildman–Crippen LogP) is 1.30. The fraction of sp³-hybridized carbons (Fsp3) is 0.562. The van der Waals surface area contributed by atoms with Gasteiger partial charge in [-0.1, -0.05) is 12.1 Å². The van der Waals surface area contributed by atoms with Gasteiger partial charge in [0.2, 0.25) is 5.91 Å². The van der Waals surface area contributed by atoms with Crippen LogP contribution in [0.2, 0.25) is 0 Å². The van der Waals surface area contributed by atoms with Gasteiger partial charge in [-0.05, 0) is 13.1 Å². The molecule has 1 aromatic carbocycles. The summed E-state index contributed by atoms with van der Waals surface area (Å²) in [5.74, 6) is -1.73. The summed E-state index contributed by atoms with van der Waals surface area (Å²) in [4.78, 5) is 16.5. The number of carbonyl (C=O) groups is 1. The molecule has 2 aliphatic rings. The number of nitrogens with zero attached hydrogens (tertiary/aromatic N) is 2. The van der Waals surface area contributed by atoms with Gasteiger partial charge in [0.1, 0.15) is 0 Å². The molecule has 0 spiro atoms. The van der Waals surface area contributed by atoms with Gasteiger partial charge in [0, 0.05) is 31.1 Å². The van der Waals surface area contributed by atoms with Gasteiger partial charge >= 0.3 is 0 Å². The topological polar surface area (TPSA) is 32.8 Å². The van der Waals surface area contributed by atoms with Crippen molar-refractivity contribution in [3.63, 3.8) is 0 Å². The first-order valence-corrected chi connectivity index (χ1v) is 7.53. The summed E-state index contributed by atoms with van der Waals surface area (Å²) in [5, 5.41) is 0.